The summed E-state index contributed by atoms with van der Waals surface area (Å²) in [6, 6.07) is 10.0. The van der Waals surface area contributed by atoms with Crippen LogP contribution in [-0.2, 0) is 12.8 Å². The molecule has 9 heterocycles. The lowest BCUT2D eigenvalue weighted by Gasteiger charge is -2.38. The molecule has 20 heteroatoms. The monoisotopic (exact) mass is 1150 g/mol. The van der Waals surface area contributed by atoms with Gasteiger partial charge in [-0.2, -0.15) is 19.9 Å². The number of anilines is 2. The van der Waals surface area contributed by atoms with Gasteiger partial charge in [0, 0.05) is 61.8 Å². The topological polar surface area (TPSA) is 190 Å². The van der Waals surface area contributed by atoms with E-state index in [-0.39, 0.29) is 101 Å². The molecule has 13 rings (SSSR count). The standard InChI is InChI=1S/C64H70F4N10O6/c1-6-39-47(65)14-13-35-24-37(79)26-43(50(35)39)54-52(67)57-46(29-69-54)59(77-22-10-17-63(4,82)33-77)74-61(72-57)84-34-64-18-11-23-78(64)49(15-19-64)41-28-48(66)40(7-2)51-42(41)25-38(80)27-44(51)55-53(68)56-45(30-70-55)58(76-21-9-16-62(3,81)32-76)73-60(71-56)83-31-36-12-8-20-75(36)5/h13-14,24-30,36,49,79-82H,6-12,15-23,31-34H2,1-5H3/t36-,49?,62+,63+,64?/m0/s1. The second kappa shape index (κ2) is 21.4. The molecule has 0 radical (unpaired) electrons. The number of aromatic hydroxyl groups is 2. The number of aromatic nitrogens is 6. The molecule has 84 heavy (non-hydrogen) atoms. The van der Waals surface area contributed by atoms with Crippen LogP contribution in [0, 0.1) is 23.3 Å². The van der Waals surface area contributed by atoms with Gasteiger partial charge in [0.05, 0.1) is 27.5 Å². The molecule has 440 valence electrons. The van der Waals surface area contributed by atoms with Crippen LogP contribution in [0.2, 0.25) is 0 Å². The number of likely N-dealkylation sites (N-methyl/N-ethyl adjacent to an activating group) is 1. The molecule has 8 aromatic rings. The van der Waals surface area contributed by atoms with E-state index < -0.39 is 40.0 Å². The molecule has 16 nitrogen and oxygen atoms in total. The number of nitrogens with zero attached hydrogens (tertiary/aromatic N) is 10. The molecule has 5 aliphatic heterocycles. The largest absolute Gasteiger partial charge is 0.508 e. The molecule has 2 unspecified atom stereocenters. The summed E-state index contributed by atoms with van der Waals surface area (Å²) in [6.45, 7) is 10.6. The smallest absolute Gasteiger partial charge is 0.319 e. The SMILES string of the molecule is CCc1c(F)ccc2cc(O)cc(-c3ncc4c(N5CCC[C@@](C)(O)C5)nc(OCC56CCCN5C(c5cc(F)c(CC)c7c(-c8ncc9c(N%10CCC[C@@](C)(O)C%10)nc(OC[C@@H]%10CCCN%10C)nc9c8F)cc(O)cc57)CC6)nc4c3F)c12. The number of aliphatic hydroxyl groups is 2. The van der Waals surface area contributed by atoms with Crippen molar-refractivity contribution in [1.82, 2.24) is 39.7 Å². The number of hydrogen-bond acceptors (Lipinski definition) is 16. The number of pyridine rings is 2. The Bertz CT molecular complexity index is 3950. The Morgan fingerprint density at radius 3 is 1.80 bits per heavy atom. The van der Waals surface area contributed by atoms with Gasteiger partial charge in [0.1, 0.15) is 70.4 Å². The van der Waals surface area contributed by atoms with Gasteiger partial charge in [-0.25, -0.2) is 17.6 Å². The van der Waals surface area contributed by atoms with Gasteiger partial charge in [-0.3, -0.25) is 14.9 Å². The number of β-amino-alcohol motifs (C(OH)–C–C–N with tert-alkyl or cyclic N) is 2. The van der Waals surface area contributed by atoms with Crippen molar-refractivity contribution in [2.24, 2.45) is 0 Å². The number of benzene rings is 4. The first-order chi connectivity index (χ1) is 40.3. The number of halogens is 4. The summed E-state index contributed by atoms with van der Waals surface area (Å²) in [6.07, 6.45) is 10.7. The molecule has 5 aliphatic rings. The van der Waals surface area contributed by atoms with Gasteiger partial charge in [-0.15, -0.1) is 0 Å². The number of phenolic OH excluding ortho intramolecular Hbond substituents is 2. The van der Waals surface area contributed by atoms with Crippen molar-refractivity contribution in [3.63, 3.8) is 0 Å². The molecule has 0 bridgehead atoms. The zero-order chi connectivity index (χ0) is 58.6. The van der Waals surface area contributed by atoms with Crippen LogP contribution < -0.4 is 19.3 Å². The van der Waals surface area contributed by atoms with Crippen molar-refractivity contribution < 1.29 is 47.5 Å². The highest BCUT2D eigenvalue weighted by molar-refractivity contribution is 6.04. The molecule has 0 saturated carbocycles. The van der Waals surface area contributed by atoms with Crippen LogP contribution in [0.25, 0.3) is 65.9 Å². The Morgan fingerprint density at radius 1 is 0.619 bits per heavy atom. The summed E-state index contributed by atoms with van der Waals surface area (Å²) in [7, 11) is 2.04. The quantitative estimate of drug-likeness (QED) is 0.0797. The third kappa shape index (κ3) is 9.79. The number of aryl methyl sites for hydroxylation is 2. The highest BCUT2D eigenvalue weighted by Crippen LogP contribution is 2.52. The maximum Gasteiger partial charge on any atom is 0.319 e. The number of phenols is 2. The second-order valence-electron chi connectivity index (χ2n) is 24.7. The summed E-state index contributed by atoms with van der Waals surface area (Å²) in [5.74, 6) is -2.13. The van der Waals surface area contributed by atoms with Crippen LogP contribution >= 0.6 is 0 Å². The second-order valence-corrected chi connectivity index (χ2v) is 24.7. The van der Waals surface area contributed by atoms with Crippen molar-refractivity contribution in [2.75, 3.05) is 69.3 Å². The predicted molar refractivity (Wildman–Crippen MR) is 314 cm³/mol. The van der Waals surface area contributed by atoms with Crippen LogP contribution in [0.15, 0.2) is 54.9 Å². The number of ether oxygens (including phenoxy) is 2. The molecule has 5 saturated heterocycles. The van der Waals surface area contributed by atoms with Crippen LogP contribution in [0.5, 0.6) is 23.5 Å². The van der Waals surface area contributed by atoms with Gasteiger partial charge in [0.15, 0.2) is 11.6 Å². The summed E-state index contributed by atoms with van der Waals surface area (Å²) < 4.78 is 80.8. The van der Waals surface area contributed by atoms with Crippen molar-refractivity contribution in [3.05, 3.63) is 94.8 Å². The van der Waals surface area contributed by atoms with Gasteiger partial charge in [-0.1, -0.05) is 19.9 Å². The van der Waals surface area contributed by atoms with Gasteiger partial charge in [0.25, 0.3) is 0 Å². The van der Waals surface area contributed by atoms with E-state index in [1.54, 1.807) is 39.0 Å². The molecular weight excluding hydrogens is 1080 g/mol. The number of hydrogen-bond donors (Lipinski definition) is 4. The lowest BCUT2D eigenvalue weighted by Crippen LogP contribution is -2.46. The van der Waals surface area contributed by atoms with Gasteiger partial charge in [0.2, 0.25) is 0 Å². The van der Waals surface area contributed by atoms with E-state index in [0.717, 1.165) is 25.8 Å². The first-order valence-electron chi connectivity index (χ1n) is 29.7. The number of likely N-dealkylation sites (tertiary alicyclic amines) is 1. The van der Waals surface area contributed by atoms with Crippen LogP contribution in [0.1, 0.15) is 115 Å². The Morgan fingerprint density at radius 2 is 1.20 bits per heavy atom. The summed E-state index contributed by atoms with van der Waals surface area (Å²) >= 11 is 0. The van der Waals surface area contributed by atoms with E-state index >= 15 is 17.6 Å². The molecule has 0 spiro atoms. The Kier molecular flexibility index (Phi) is 14.2. The minimum absolute atomic E-state index is 0.00719. The molecule has 4 N–H and O–H groups in total. The maximum absolute atomic E-state index is 17.8. The molecule has 5 fully saturated rings. The summed E-state index contributed by atoms with van der Waals surface area (Å²) in [5, 5.41) is 47.6. The highest BCUT2D eigenvalue weighted by Gasteiger charge is 2.51. The van der Waals surface area contributed by atoms with E-state index in [0.29, 0.717) is 133 Å². The van der Waals surface area contributed by atoms with Crippen LogP contribution in [0.4, 0.5) is 29.2 Å². The van der Waals surface area contributed by atoms with Gasteiger partial charge < -0.3 is 44.6 Å². The summed E-state index contributed by atoms with van der Waals surface area (Å²) in [5.41, 5.74) is -1.39. The van der Waals surface area contributed by atoms with Crippen LogP contribution in [0.3, 0.4) is 0 Å². The average molecular weight is 1150 g/mol. The predicted octanol–water partition coefficient (Wildman–Crippen LogP) is 11.0. The number of rotatable bonds is 13. The fourth-order valence-corrected chi connectivity index (χ4v) is 14.7. The summed E-state index contributed by atoms with van der Waals surface area (Å²) in [4.78, 5) is 36.8. The van der Waals surface area contributed by atoms with Crippen molar-refractivity contribution >= 4 is 55.0 Å². The van der Waals surface area contributed by atoms with Crippen molar-refractivity contribution in [1.29, 1.82) is 0 Å². The Balaban J connectivity index is 0.872. The Hall–Kier alpha value is -7.26. The third-order valence-corrected chi connectivity index (χ3v) is 18.7. The molecule has 0 aliphatic carbocycles. The molecule has 0 amide bonds. The van der Waals surface area contributed by atoms with E-state index in [2.05, 4.69) is 19.8 Å². The van der Waals surface area contributed by atoms with Gasteiger partial charge in [-0.05, 0) is 186 Å². The maximum atomic E-state index is 17.8. The minimum atomic E-state index is -1.07. The van der Waals surface area contributed by atoms with Crippen molar-refractivity contribution in [3.8, 4) is 46.0 Å². The first kappa shape index (κ1) is 55.9. The zero-order valence-corrected chi connectivity index (χ0v) is 48.1. The number of fused-ring (bicyclic) bond motifs is 5. The van der Waals surface area contributed by atoms with E-state index in [4.69, 9.17) is 29.4 Å². The van der Waals surface area contributed by atoms with E-state index in [9.17, 15) is 20.4 Å². The van der Waals surface area contributed by atoms with Crippen LogP contribution in [-0.4, -0.2) is 142 Å². The molecule has 5 atom stereocenters. The highest BCUT2D eigenvalue weighted by atomic mass is 19.1. The third-order valence-electron chi connectivity index (χ3n) is 18.7. The minimum Gasteiger partial charge on any atom is -0.508 e. The molecular formula is C64H70F4N10O6. The Labute approximate surface area is 484 Å². The lowest BCUT2D eigenvalue weighted by atomic mass is 9.88. The van der Waals surface area contributed by atoms with E-state index in [1.165, 1.54) is 36.7 Å². The molecule has 4 aromatic heterocycles. The normalized spacial score (nSPS) is 24.1. The zero-order valence-electron chi connectivity index (χ0n) is 48.1. The molecule has 4 aromatic carbocycles. The van der Waals surface area contributed by atoms with Crippen molar-refractivity contribution in [2.45, 2.75) is 134 Å². The fourth-order valence-electron chi connectivity index (χ4n) is 14.7. The first-order valence-corrected chi connectivity index (χ1v) is 29.7. The average Bonchev–Trinajstić information content (AvgIpc) is 1.45. The van der Waals surface area contributed by atoms with E-state index in [1.807, 2.05) is 23.8 Å². The van der Waals surface area contributed by atoms with Gasteiger partial charge >= 0.3 is 12.0 Å². The number of piperidine rings is 2. The lowest BCUT2D eigenvalue weighted by molar-refractivity contribution is 0.0442. The fraction of sp³-hybridized carbons (Fsp3) is 0.469.